The van der Waals surface area contributed by atoms with Crippen LogP contribution in [0.25, 0.3) is 5.65 Å². The fraction of sp³-hybridized carbons (Fsp3) is 0.400. The lowest BCUT2D eigenvalue weighted by molar-refractivity contribution is 0.120. The van der Waals surface area contributed by atoms with E-state index in [-0.39, 0.29) is 0 Å². The molecule has 1 unspecified atom stereocenters. The third kappa shape index (κ3) is 3.83. The first-order valence-electron chi connectivity index (χ1n) is 7.71. The van der Waals surface area contributed by atoms with Crippen LogP contribution in [0.1, 0.15) is 18.5 Å². The van der Waals surface area contributed by atoms with Crippen LogP contribution < -0.4 is 5.32 Å². The molecule has 1 aliphatic heterocycles. The number of imidazole rings is 1. The summed E-state index contributed by atoms with van der Waals surface area (Å²) >= 11 is 9.19. The quantitative estimate of drug-likeness (QED) is 0.656. The van der Waals surface area contributed by atoms with Crippen LogP contribution >= 0.6 is 34.7 Å². The van der Waals surface area contributed by atoms with Crippen molar-refractivity contribution in [3.8, 4) is 0 Å². The molecule has 0 aliphatic carbocycles. The van der Waals surface area contributed by atoms with Crippen molar-refractivity contribution in [3.63, 3.8) is 0 Å². The first-order valence-corrected chi connectivity index (χ1v) is 9.89. The highest BCUT2D eigenvalue weighted by atomic mass is 35.5. The number of ether oxygens (including phenoxy) is 1. The van der Waals surface area contributed by atoms with Crippen molar-refractivity contribution in [1.82, 2.24) is 19.6 Å². The smallest absolute Gasteiger partial charge is 0.206 e. The summed E-state index contributed by atoms with van der Waals surface area (Å²) in [7, 11) is 0. The minimum Gasteiger partial charge on any atom is -0.376 e. The maximum atomic E-state index is 5.99. The van der Waals surface area contributed by atoms with Gasteiger partial charge in [-0.15, -0.1) is 10.2 Å². The van der Waals surface area contributed by atoms with E-state index >= 15 is 0 Å². The maximum absolute atomic E-state index is 5.99. The van der Waals surface area contributed by atoms with Crippen molar-refractivity contribution < 1.29 is 4.74 Å². The summed E-state index contributed by atoms with van der Waals surface area (Å²) in [5.41, 5.74) is 1.89. The van der Waals surface area contributed by atoms with E-state index < -0.39 is 0 Å². The minimum absolute atomic E-state index is 0.301. The molecule has 1 atom stereocenters. The van der Waals surface area contributed by atoms with Gasteiger partial charge in [-0.3, -0.25) is 0 Å². The number of aromatic nitrogens is 4. The largest absolute Gasteiger partial charge is 0.376 e. The zero-order valence-corrected chi connectivity index (χ0v) is 15.2. The highest BCUT2D eigenvalue weighted by Crippen LogP contribution is 2.28. The van der Waals surface area contributed by atoms with Gasteiger partial charge in [0.2, 0.25) is 5.13 Å². The van der Waals surface area contributed by atoms with E-state index in [1.54, 1.807) is 23.1 Å². The summed E-state index contributed by atoms with van der Waals surface area (Å²) < 4.78 is 8.46. The predicted molar refractivity (Wildman–Crippen MR) is 97.1 cm³/mol. The number of anilines is 1. The molecule has 1 N–H and O–H groups in total. The second-order valence-electron chi connectivity index (χ2n) is 5.52. The number of halogens is 1. The van der Waals surface area contributed by atoms with E-state index in [1.165, 1.54) is 0 Å². The zero-order valence-electron chi connectivity index (χ0n) is 12.8. The average Bonchev–Trinajstić information content (AvgIpc) is 3.31. The Balaban J connectivity index is 1.33. The van der Waals surface area contributed by atoms with Gasteiger partial charge in [-0.25, -0.2) is 4.98 Å². The number of rotatable bonds is 6. The monoisotopic (exact) mass is 381 g/mol. The highest BCUT2D eigenvalue weighted by Gasteiger charge is 2.16. The van der Waals surface area contributed by atoms with Crippen LogP contribution in [0, 0.1) is 0 Å². The molecule has 6 nitrogen and oxygen atoms in total. The van der Waals surface area contributed by atoms with Crippen LogP contribution in [-0.4, -0.2) is 38.8 Å². The molecule has 3 aromatic rings. The van der Waals surface area contributed by atoms with Crippen LogP contribution in [0.4, 0.5) is 5.13 Å². The summed E-state index contributed by atoms with van der Waals surface area (Å²) in [4.78, 5) is 4.57. The van der Waals surface area contributed by atoms with Crippen molar-refractivity contribution in [2.75, 3.05) is 18.5 Å². The summed E-state index contributed by atoms with van der Waals surface area (Å²) in [5.74, 6) is 0.750. The third-order valence-electron chi connectivity index (χ3n) is 3.72. The zero-order chi connectivity index (χ0) is 16.4. The number of nitrogens with one attached hydrogen (secondary N) is 1. The van der Waals surface area contributed by atoms with Crippen molar-refractivity contribution in [1.29, 1.82) is 0 Å². The summed E-state index contributed by atoms with van der Waals surface area (Å²) in [5, 5.41) is 13.2. The third-order valence-corrected chi connectivity index (χ3v) is 5.99. The van der Waals surface area contributed by atoms with Gasteiger partial charge in [-0.2, -0.15) is 0 Å². The molecule has 0 radical (unpaired) electrons. The molecule has 24 heavy (non-hydrogen) atoms. The highest BCUT2D eigenvalue weighted by molar-refractivity contribution is 8.00. The van der Waals surface area contributed by atoms with E-state index in [4.69, 9.17) is 16.3 Å². The van der Waals surface area contributed by atoms with Crippen LogP contribution in [0.5, 0.6) is 0 Å². The van der Waals surface area contributed by atoms with Crippen LogP contribution in [0.15, 0.2) is 28.9 Å². The Labute approximate surface area is 152 Å². The van der Waals surface area contributed by atoms with Gasteiger partial charge >= 0.3 is 0 Å². The first-order chi connectivity index (χ1) is 11.8. The second kappa shape index (κ2) is 7.26. The fourth-order valence-electron chi connectivity index (χ4n) is 2.57. The van der Waals surface area contributed by atoms with Crippen LogP contribution in [0.3, 0.4) is 0 Å². The van der Waals surface area contributed by atoms with E-state index in [0.29, 0.717) is 11.1 Å². The Kier molecular flexibility index (Phi) is 4.88. The average molecular weight is 382 g/mol. The van der Waals surface area contributed by atoms with Gasteiger partial charge in [0.1, 0.15) is 5.65 Å². The van der Waals surface area contributed by atoms with Gasteiger partial charge in [0.15, 0.2) is 4.34 Å². The van der Waals surface area contributed by atoms with Gasteiger partial charge in [0.05, 0.1) is 16.8 Å². The molecular weight excluding hydrogens is 366 g/mol. The fourth-order valence-corrected chi connectivity index (χ4v) is 4.38. The Morgan fingerprint density at radius 1 is 1.38 bits per heavy atom. The van der Waals surface area contributed by atoms with Gasteiger partial charge in [-0.1, -0.05) is 34.7 Å². The normalized spacial score (nSPS) is 17.6. The molecule has 0 saturated carbocycles. The Hall–Kier alpha value is -1.35. The molecule has 3 aromatic heterocycles. The van der Waals surface area contributed by atoms with Crippen molar-refractivity contribution >= 4 is 45.5 Å². The molecule has 0 spiro atoms. The van der Waals surface area contributed by atoms with Gasteiger partial charge in [0, 0.05) is 31.3 Å². The van der Waals surface area contributed by atoms with E-state index in [9.17, 15) is 0 Å². The second-order valence-corrected chi connectivity index (χ2v) is 8.16. The van der Waals surface area contributed by atoms with Crippen molar-refractivity contribution in [2.45, 2.75) is 29.0 Å². The Bertz CT molecular complexity index is 830. The standard InChI is InChI=1S/C15H16ClN5OS2/c16-10-3-4-13-18-11(8-21(13)7-10)9-23-15-20-19-14(24-15)17-6-12-2-1-5-22-12/h3-4,7-8,12H,1-2,5-6,9H2,(H,17,19). The summed E-state index contributed by atoms with van der Waals surface area (Å²) in [6.45, 7) is 1.67. The Morgan fingerprint density at radius 3 is 3.21 bits per heavy atom. The lowest BCUT2D eigenvalue weighted by atomic mass is 10.2. The van der Waals surface area contributed by atoms with Gasteiger partial charge < -0.3 is 14.5 Å². The number of hydrogen-bond acceptors (Lipinski definition) is 7. The molecule has 0 amide bonds. The SMILES string of the molecule is Clc1ccc2nc(CSc3nnc(NCC4CCCO4)s3)cn2c1. The predicted octanol–water partition coefficient (Wildman–Crippen LogP) is 3.72. The molecule has 1 aliphatic rings. The van der Waals surface area contributed by atoms with Crippen LogP contribution in [0.2, 0.25) is 5.02 Å². The molecule has 4 rings (SSSR count). The molecule has 126 valence electrons. The molecule has 9 heteroatoms. The van der Waals surface area contributed by atoms with E-state index in [2.05, 4.69) is 20.5 Å². The van der Waals surface area contributed by atoms with E-state index in [1.807, 2.05) is 28.9 Å². The van der Waals surface area contributed by atoms with E-state index in [0.717, 1.165) is 52.6 Å². The molecule has 1 saturated heterocycles. The number of hydrogen-bond donors (Lipinski definition) is 1. The minimum atomic E-state index is 0.301. The number of nitrogens with zero attached hydrogens (tertiary/aromatic N) is 4. The molecule has 0 bridgehead atoms. The lowest BCUT2D eigenvalue weighted by Gasteiger charge is -2.08. The summed E-state index contributed by atoms with van der Waals surface area (Å²) in [6.07, 6.45) is 6.41. The van der Waals surface area contributed by atoms with Gasteiger partial charge in [-0.05, 0) is 25.0 Å². The number of fused-ring (bicyclic) bond motifs is 1. The number of pyridine rings is 1. The molecular formula is C15H16ClN5OS2. The van der Waals surface area contributed by atoms with Gasteiger partial charge in [0.25, 0.3) is 0 Å². The maximum Gasteiger partial charge on any atom is 0.206 e. The topological polar surface area (TPSA) is 64.3 Å². The molecule has 0 aromatic carbocycles. The van der Waals surface area contributed by atoms with Crippen molar-refractivity contribution in [2.24, 2.45) is 0 Å². The summed E-state index contributed by atoms with van der Waals surface area (Å²) in [6, 6.07) is 3.76. The Morgan fingerprint density at radius 2 is 2.33 bits per heavy atom. The number of thioether (sulfide) groups is 1. The van der Waals surface area contributed by atoms with Crippen molar-refractivity contribution in [3.05, 3.63) is 35.2 Å². The lowest BCUT2D eigenvalue weighted by Crippen LogP contribution is -2.18. The molecule has 1 fully saturated rings. The first kappa shape index (κ1) is 16.1. The van der Waals surface area contributed by atoms with Crippen LogP contribution in [-0.2, 0) is 10.5 Å². The molecule has 4 heterocycles.